The summed E-state index contributed by atoms with van der Waals surface area (Å²) in [5.41, 5.74) is 1.64. The van der Waals surface area contributed by atoms with Crippen LogP contribution in [0.1, 0.15) is 36.8 Å². The van der Waals surface area contributed by atoms with Gasteiger partial charge in [0.15, 0.2) is 0 Å². The normalized spacial score (nSPS) is 17.9. The average molecular weight is 258 g/mol. The van der Waals surface area contributed by atoms with Crippen molar-refractivity contribution in [3.63, 3.8) is 0 Å². The number of amides is 1. The number of hydrogen-bond donors (Lipinski definition) is 1. The van der Waals surface area contributed by atoms with Crippen molar-refractivity contribution in [2.75, 3.05) is 6.61 Å². The van der Waals surface area contributed by atoms with Gasteiger partial charge in [0.25, 0.3) is 0 Å². The first kappa shape index (κ1) is 13.6. The van der Waals surface area contributed by atoms with Crippen molar-refractivity contribution < 1.29 is 9.53 Å². The summed E-state index contributed by atoms with van der Waals surface area (Å²) in [6, 6.07) is 9.31. The van der Waals surface area contributed by atoms with E-state index in [2.05, 4.69) is 11.4 Å². The van der Waals surface area contributed by atoms with Crippen molar-refractivity contribution >= 4 is 5.91 Å². The highest BCUT2D eigenvalue weighted by atomic mass is 16.5. The summed E-state index contributed by atoms with van der Waals surface area (Å²) < 4.78 is 5.48. The van der Waals surface area contributed by atoms with E-state index in [-0.39, 0.29) is 12.0 Å². The molecular formula is C15H18N2O2. The number of nitriles is 1. The summed E-state index contributed by atoms with van der Waals surface area (Å²) in [6.07, 6.45) is 3.77. The molecule has 1 aliphatic heterocycles. The van der Waals surface area contributed by atoms with Crippen LogP contribution < -0.4 is 5.32 Å². The number of benzene rings is 1. The third kappa shape index (κ3) is 4.38. The highest BCUT2D eigenvalue weighted by Crippen LogP contribution is 2.16. The SMILES string of the molecule is N#Cc1ccc(CNC(=O)CCC2CCCO2)cc1. The maximum absolute atomic E-state index is 11.7. The van der Waals surface area contributed by atoms with Crippen LogP contribution in [0.3, 0.4) is 0 Å². The lowest BCUT2D eigenvalue weighted by molar-refractivity contribution is -0.121. The van der Waals surface area contributed by atoms with Gasteiger partial charge in [-0.05, 0) is 37.0 Å². The number of hydrogen-bond acceptors (Lipinski definition) is 3. The van der Waals surface area contributed by atoms with Crippen molar-refractivity contribution in [3.8, 4) is 6.07 Å². The smallest absolute Gasteiger partial charge is 0.220 e. The second kappa shape index (κ2) is 6.91. The molecule has 0 aliphatic carbocycles. The van der Waals surface area contributed by atoms with Crippen LogP contribution in [0, 0.1) is 11.3 Å². The van der Waals surface area contributed by atoms with Gasteiger partial charge in [-0.15, -0.1) is 0 Å². The van der Waals surface area contributed by atoms with E-state index in [0.717, 1.165) is 31.4 Å². The maximum atomic E-state index is 11.7. The lowest BCUT2D eigenvalue weighted by Gasteiger charge is -2.09. The van der Waals surface area contributed by atoms with Crippen LogP contribution in [0.5, 0.6) is 0 Å². The molecule has 1 atom stereocenters. The molecule has 1 unspecified atom stereocenters. The van der Waals surface area contributed by atoms with Crippen LogP contribution in [0.25, 0.3) is 0 Å². The maximum Gasteiger partial charge on any atom is 0.220 e. The highest BCUT2D eigenvalue weighted by molar-refractivity contribution is 5.75. The summed E-state index contributed by atoms with van der Waals surface area (Å²) in [6.45, 7) is 1.34. The van der Waals surface area contributed by atoms with E-state index in [0.29, 0.717) is 18.5 Å². The third-order valence-electron chi connectivity index (χ3n) is 3.29. The average Bonchev–Trinajstić information content (AvgIpc) is 2.96. The van der Waals surface area contributed by atoms with Gasteiger partial charge in [0, 0.05) is 19.6 Å². The lowest BCUT2D eigenvalue weighted by atomic mass is 10.1. The molecule has 0 radical (unpaired) electrons. The molecular weight excluding hydrogens is 240 g/mol. The molecule has 1 fully saturated rings. The number of rotatable bonds is 5. The van der Waals surface area contributed by atoms with Gasteiger partial charge in [-0.1, -0.05) is 12.1 Å². The van der Waals surface area contributed by atoms with Crippen molar-refractivity contribution in [2.45, 2.75) is 38.3 Å². The molecule has 0 saturated carbocycles. The fourth-order valence-corrected chi connectivity index (χ4v) is 2.15. The zero-order chi connectivity index (χ0) is 13.5. The minimum absolute atomic E-state index is 0.0554. The van der Waals surface area contributed by atoms with Crippen LogP contribution in [0.4, 0.5) is 0 Å². The Hall–Kier alpha value is -1.86. The second-order valence-electron chi connectivity index (χ2n) is 4.76. The number of nitrogens with zero attached hydrogens (tertiary/aromatic N) is 1. The van der Waals surface area contributed by atoms with E-state index in [1.807, 2.05) is 12.1 Å². The summed E-state index contributed by atoms with van der Waals surface area (Å²) >= 11 is 0. The van der Waals surface area contributed by atoms with E-state index in [4.69, 9.17) is 10.00 Å². The van der Waals surface area contributed by atoms with Crippen LogP contribution in [0.15, 0.2) is 24.3 Å². The topological polar surface area (TPSA) is 62.1 Å². The Morgan fingerprint density at radius 1 is 1.42 bits per heavy atom. The first-order valence-corrected chi connectivity index (χ1v) is 6.65. The fourth-order valence-electron chi connectivity index (χ4n) is 2.15. The Kier molecular flexibility index (Phi) is 4.93. The largest absolute Gasteiger partial charge is 0.378 e. The van der Waals surface area contributed by atoms with Gasteiger partial charge >= 0.3 is 0 Å². The molecule has 0 bridgehead atoms. The summed E-state index contributed by atoms with van der Waals surface area (Å²) in [5, 5.41) is 11.6. The number of carbonyl (C=O) groups excluding carboxylic acids is 1. The molecule has 0 spiro atoms. The minimum atomic E-state index is 0.0554. The summed E-state index contributed by atoms with van der Waals surface area (Å²) in [5.74, 6) is 0.0554. The van der Waals surface area contributed by atoms with Crippen molar-refractivity contribution in [2.24, 2.45) is 0 Å². The number of carbonyl (C=O) groups is 1. The Balaban J connectivity index is 1.69. The molecule has 1 aromatic rings. The molecule has 1 saturated heterocycles. The quantitative estimate of drug-likeness (QED) is 0.880. The number of nitrogens with one attached hydrogen (secondary N) is 1. The van der Waals surface area contributed by atoms with Crippen molar-refractivity contribution in [1.82, 2.24) is 5.32 Å². The molecule has 1 N–H and O–H groups in total. The van der Waals surface area contributed by atoms with E-state index < -0.39 is 0 Å². The molecule has 19 heavy (non-hydrogen) atoms. The van der Waals surface area contributed by atoms with Crippen LogP contribution in [-0.2, 0) is 16.1 Å². The first-order valence-electron chi connectivity index (χ1n) is 6.65. The fraction of sp³-hybridized carbons (Fsp3) is 0.467. The number of ether oxygens (including phenoxy) is 1. The van der Waals surface area contributed by atoms with E-state index in [9.17, 15) is 4.79 Å². The highest BCUT2D eigenvalue weighted by Gasteiger charge is 2.16. The van der Waals surface area contributed by atoms with Gasteiger partial charge in [-0.25, -0.2) is 0 Å². The van der Waals surface area contributed by atoms with Gasteiger partial charge in [-0.3, -0.25) is 4.79 Å². The van der Waals surface area contributed by atoms with Crippen LogP contribution in [0.2, 0.25) is 0 Å². The molecule has 0 aromatic heterocycles. The third-order valence-corrected chi connectivity index (χ3v) is 3.29. The zero-order valence-corrected chi connectivity index (χ0v) is 10.9. The predicted molar refractivity (Wildman–Crippen MR) is 71.2 cm³/mol. The van der Waals surface area contributed by atoms with Gasteiger partial charge in [-0.2, -0.15) is 5.26 Å². The van der Waals surface area contributed by atoms with Crippen molar-refractivity contribution in [1.29, 1.82) is 5.26 Å². The Bertz CT molecular complexity index is 456. The first-order chi connectivity index (χ1) is 9.28. The van der Waals surface area contributed by atoms with E-state index in [1.165, 1.54) is 0 Å². The Morgan fingerprint density at radius 2 is 2.21 bits per heavy atom. The standard InChI is InChI=1S/C15H18N2O2/c16-10-12-3-5-13(6-4-12)11-17-15(18)8-7-14-2-1-9-19-14/h3-6,14H,1-2,7-9,11H2,(H,17,18). The van der Waals surface area contributed by atoms with Gasteiger partial charge in [0.05, 0.1) is 17.7 Å². The molecule has 100 valence electrons. The van der Waals surface area contributed by atoms with E-state index >= 15 is 0 Å². The molecule has 1 aliphatic rings. The van der Waals surface area contributed by atoms with E-state index in [1.54, 1.807) is 12.1 Å². The molecule has 1 heterocycles. The molecule has 4 nitrogen and oxygen atoms in total. The monoisotopic (exact) mass is 258 g/mol. The second-order valence-corrected chi connectivity index (χ2v) is 4.76. The molecule has 1 amide bonds. The minimum Gasteiger partial charge on any atom is -0.378 e. The summed E-state index contributed by atoms with van der Waals surface area (Å²) in [7, 11) is 0. The molecule has 2 rings (SSSR count). The summed E-state index contributed by atoms with van der Waals surface area (Å²) in [4.78, 5) is 11.7. The molecule has 1 aromatic carbocycles. The Morgan fingerprint density at radius 3 is 2.84 bits per heavy atom. The van der Waals surface area contributed by atoms with Gasteiger partial charge in [0.2, 0.25) is 5.91 Å². The Labute approximate surface area is 113 Å². The zero-order valence-electron chi connectivity index (χ0n) is 10.9. The molecule has 4 heteroatoms. The predicted octanol–water partition coefficient (Wildman–Crippen LogP) is 2.13. The lowest BCUT2D eigenvalue weighted by Crippen LogP contribution is -2.23. The van der Waals surface area contributed by atoms with Gasteiger partial charge in [0.1, 0.15) is 0 Å². The van der Waals surface area contributed by atoms with Crippen LogP contribution in [-0.4, -0.2) is 18.6 Å². The van der Waals surface area contributed by atoms with Crippen molar-refractivity contribution in [3.05, 3.63) is 35.4 Å². The van der Waals surface area contributed by atoms with Gasteiger partial charge < -0.3 is 10.1 Å². The van der Waals surface area contributed by atoms with Crippen LogP contribution >= 0.6 is 0 Å².